The van der Waals surface area contributed by atoms with Crippen LogP contribution in [0.25, 0.3) is 0 Å². The van der Waals surface area contributed by atoms with Crippen molar-refractivity contribution >= 4 is 17.6 Å². The average molecular weight is 250 g/mol. The molecule has 0 spiro atoms. The number of amides is 1. The van der Waals surface area contributed by atoms with E-state index in [0.717, 1.165) is 0 Å². The van der Waals surface area contributed by atoms with Crippen LogP contribution in [0.4, 0.5) is 5.69 Å². The molecule has 0 fully saturated rings. The van der Waals surface area contributed by atoms with Crippen molar-refractivity contribution in [3.05, 3.63) is 30.3 Å². The molecule has 5 nitrogen and oxygen atoms in total. The van der Waals surface area contributed by atoms with Gasteiger partial charge in [-0.2, -0.15) is 0 Å². The number of carboxylic acids is 1. The predicted octanol–water partition coefficient (Wildman–Crippen LogP) is 1.23. The van der Waals surface area contributed by atoms with Gasteiger partial charge in [0.25, 0.3) is 0 Å². The molecular weight excluding hydrogens is 232 g/mol. The molecule has 1 aromatic carbocycles. The van der Waals surface area contributed by atoms with E-state index in [2.05, 4.69) is 0 Å². The number of nitrogens with zero attached hydrogens (tertiary/aromatic N) is 1. The molecule has 1 aromatic rings. The van der Waals surface area contributed by atoms with Gasteiger partial charge in [-0.25, -0.2) is 0 Å². The lowest BCUT2D eigenvalue weighted by molar-refractivity contribution is -0.136. The molecule has 0 aliphatic carbocycles. The van der Waals surface area contributed by atoms with Crippen LogP contribution in [0, 0.1) is 0 Å². The van der Waals surface area contributed by atoms with Gasteiger partial charge in [-0.3, -0.25) is 9.59 Å². The molecule has 98 valence electrons. The Hall–Kier alpha value is -1.88. The van der Waals surface area contributed by atoms with Crippen LogP contribution in [0.5, 0.6) is 0 Å². The average Bonchev–Trinajstić information content (AvgIpc) is 2.38. The van der Waals surface area contributed by atoms with Crippen LogP contribution >= 0.6 is 0 Å². The van der Waals surface area contributed by atoms with Crippen molar-refractivity contribution in [2.75, 3.05) is 11.4 Å². The molecule has 0 saturated carbocycles. The Labute approximate surface area is 106 Å². The number of carbonyl (C=O) groups excluding carboxylic acids is 1. The number of para-hydroxylation sites is 1. The Morgan fingerprint density at radius 1 is 1.33 bits per heavy atom. The summed E-state index contributed by atoms with van der Waals surface area (Å²) in [6.45, 7) is 1.95. The Morgan fingerprint density at radius 2 is 1.94 bits per heavy atom. The highest BCUT2D eigenvalue weighted by atomic mass is 16.4. The summed E-state index contributed by atoms with van der Waals surface area (Å²) in [5.41, 5.74) is 6.40. The smallest absolute Gasteiger partial charge is 0.305 e. The van der Waals surface area contributed by atoms with Crippen LogP contribution in [0.3, 0.4) is 0 Å². The summed E-state index contributed by atoms with van der Waals surface area (Å²) in [5.74, 6) is -1.18. The van der Waals surface area contributed by atoms with Crippen LogP contribution in [-0.4, -0.2) is 29.6 Å². The normalized spacial score (nSPS) is 11.9. The van der Waals surface area contributed by atoms with Crippen LogP contribution in [0.1, 0.15) is 19.8 Å². The van der Waals surface area contributed by atoms with Crippen molar-refractivity contribution in [1.29, 1.82) is 0 Å². The maximum Gasteiger partial charge on any atom is 0.305 e. The number of carbonyl (C=O) groups is 2. The van der Waals surface area contributed by atoms with Gasteiger partial charge < -0.3 is 15.7 Å². The molecule has 0 saturated heterocycles. The Balaban J connectivity index is 2.88. The first kappa shape index (κ1) is 14.2. The maximum absolute atomic E-state index is 12.1. The number of hydrogen-bond donors (Lipinski definition) is 2. The van der Waals surface area contributed by atoms with Crippen molar-refractivity contribution in [3.63, 3.8) is 0 Å². The van der Waals surface area contributed by atoms with Gasteiger partial charge in [0.05, 0.1) is 12.5 Å². The quantitative estimate of drug-likeness (QED) is 0.795. The summed E-state index contributed by atoms with van der Waals surface area (Å²) in [4.78, 5) is 24.2. The van der Waals surface area contributed by atoms with Crippen molar-refractivity contribution < 1.29 is 14.7 Å². The van der Waals surface area contributed by atoms with E-state index in [1.807, 2.05) is 13.0 Å². The first-order chi connectivity index (χ1) is 8.56. The molecule has 1 unspecified atom stereocenters. The summed E-state index contributed by atoms with van der Waals surface area (Å²) >= 11 is 0. The second-order valence-corrected chi connectivity index (χ2v) is 3.98. The van der Waals surface area contributed by atoms with Crippen molar-refractivity contribution in [2.24, 2.45) is 5.73 Å². The third-order valence-corrected chi connectivity index (χ3v) is 2.64. The topological polar surface area (TPSA) is 83.6 Å². The van der Waals surface area contributed by atoms with Gasteiger partial charge in [0.2, 0.25) is 5.91 Å². The standard InChI is InChI=1S/C13H18N2O3/c1-2-11(14)13(18)15(9-8-12(16)17)10-6-4-3-5-7-10/h3-7,11H,2,8-9,14H2,1H3,(H,16,17). The van der Waals surface area contributed by atoms with E-state index in [9.17, 15) is 9.59 Å². The van der Waals surface area contributed by atoms with Crippen molar-refractivity contribution in [1.82, 2.24) is 0 Å². The lowest BCUT2D eigenvalue weighted by Gasteiger charge is -2.24. The molecule has 5 heteroatoms. The monoisotopic (exact) mass is 250 g/mol. The van der Waals surface area contributed by atoms with E-state index in [0.29, 0.717) is 12.1 Å². The molecule has 0 bridgehead atoms. The highest BCUT2D eigenvalue weighted by Crippen LogP contribution is 2.15. The highest BCUT2D eigenvalue weighted by molar-refractivity contribution is 5.97. The third-order valence-electron chi connectivity index (χ3n) is 2.64. The molecule has 0 heterocycles. The summed E-state index contributed by atoms with van der Waals surface area (Å²) in [6.07, 6.45) is 0.423. The summed E-state index contributed by atoms with van der Waals surface area (Å²) in [6, 6.07) is 8.37. The molecule has 0 aromatic heterocycles. The number of aliphatic carboxylic acids is 1. The fourth-order valence-electron chi connectivity index (χ4n) is 1.56. The first-order valence-corrected chi connectivity index (χ1v) is 5.90. The molecule has 0 aliphatic rings. The predicted molar refractivity (Wildman–Crippen MR) is 69.3 cm³/mol. The van der Waals surface area contributed by atoms with E-state index in [1.165, 1.54) is 4.90 Å². The van der Waals surface area contributed by atoms with Crippen LogP contribution in [0.15, 0.2) is 30.3 Å². The number of rotatable bonds is 6. The van der Waals surface area contributed by atoms with Gasteiger partial charge in [0.1, 0.15) is 0 Å². The largest absolute Gasteiger partial charge is 0.481 e. The number of anilines is 1. The number of hydrogen-bond acceptors (Lipinski definition) is 3. The summed E-state index contributed by atoms with van der Waals surface area (Å²) in [7, 11) is 0. The van der Waals surface area contributed by atoms with E-state index in [1.54, 1.807) is 24.3 Å². The van der Waals surface area contributed by atoms with Crippen LogP contribution in [-0.2, 0) is 9.59 Å². The fraction of sp³-hybridized carbons (Fsp3) is 0.385. The minimum atomic E-state index is -0.936. The zero-order valence-corrected chi connectivity index (χ0v) is 10.4. The second kappa shape index (κ2) is 6.76. The Morgan fingerprint density at radius 3 is 2.44 bits per heavy atom. The fourth-order valence-corrected chi connectivity index (χ4v) is 1.56. The number of nitrogens with two attached hydrogens (primary N) is 1. The maximum atomic E-state index is 12.1. The van der Waals surface area contributed by atoms with Gasteiger partial charge in [0, 0.05) is 12.2 Å². The molecule has 0 radical (unpaired) electrons. The van der Waals surface area contributed by atoms with E-state index < -0.39 is 12.0 Å². The SMILES string of the molecule is CCC(N)C(=O)N(CCC(=O)O)c1ccccc1. The van der Waals surface area contributed by atoms with Gasteiger partial charge in [0.15, 0.2) is 0 Å². The first-order valence-electron chi connectivity index (χ1n) is 5.90. The lowest BCUT2D eigenvalue weighted by atomic mass is 10.2. The molecule has 3 N–H and O–H groups in total. The molecule has 1 rings (SSSR count). The highest BCUT2D eigenvalue weighted by Gasteiger charge is 2.21. The van der Waals surface area contributed by atoms with Crippen molar-refractivity contribution in [3.8, 4) is 0 Å². The van der Waals surface area contributed by atoms with Crippen LogP contribution in [0.2, 0.25) is 0 Å². The van der Waals surface area contributed by atoms with Crippen molar-refractivity contribution in [2.45, 2.75) is 25.8 Å². The van der Waals surface area contributed by atoms with Gasteiger partial charge >= 0.3 is 5.97 Å². The number of carboxylic acid groups (broad SMARTS) is 1. The molecular formula is C13H18N2O3. The molecule has 1 atom stereocenters. The molecule has 18 heavy (non-hydrogen) atoms. The van der Waals surface area contributed by atoms with Gasteiger partial charge in [-0.15, -0.1) is 0 Å². The van der Waals surface area contributed by atoms with Crippen LogP contribution < -0.4 is 10.6 Å². The third kappa shape index (κ3) is 3.85. The summed E-state index contributed by atoms with van der Waals surface area (Å²) < 4.78 is 0. The van der Waals surface area contributed by atoms with E-state index >= 15 is 0 Å². The Kier molecular flexibility index (Phi) is 5.32. The van der Waals surface area contributed by atoms with E-state index in [4.69, 9.17) is 10.8 Å². The molecule has 0 aliphatic heterocycles. The van der Waals surface area contributed by atoms with Gasteiger partial charge in [-0.1, -0.05) is 25.1 Å². The Bertz CT molecular complexity index is 406. The minimum absolute atomic E-state index is 0.100. The van der Waals surface area contributed by atoms with E-state index in [-0.39, 0.29) is 18.9 Å². The lowest BCUT2D eigenvalue weighted by Crippen LogP contribution is -2.44. The minimum Gasteiger partial charge on any atom is -0.481 e. The number of benzene rings is 1. The van der Waals surface area contributed by atoms with Gasteiger partial charge in [-0.05, 0) is 18.6 Å². The second-order valence-electron chi connectivity index (χ2n) is 3.98. The summed E-state index contributed by atoms with van der Waals surface area (Å²) in [5, 5.41) is 8.72. The zero-order chi connectivity index (χ0) is 13.5. The molecule has 1 amide bonds. The zero-order valence-electron chi connectivity index (χ0n) is 10.4.